The molecule has 0 fully saturated rings. The number of hydrogen-bond acceptors (Lipinski definition) is 12. The lowest BCUT2D eigenvalue weighted by Gasteiger charge is -2.21. The van der Waals surface area contributed by atoms with Crippen molar-refractivity contribution in [1.82, 2.24) is 21.1 Å². The van der Waals surface area contributed by atoms with Crippen LogP contribution in [0.3, 0.4) is 0 Å². The fraction of sp³-hybridized carbons (Fsp3) is 0.730. The maximum atomic E-state index is 13.1. The molecule has 0 saturated heterocycles. The lowest BCUT2D eigenvalue weighted by molar-refractivity contribution is -0.336. The smallest absolute Gasteiger partial charge is 0.339 e. The molecule has 1 aromatic carbocycles. The number of aryl methyl sites for hydroxylation is 1. The molecule has 0 aliphatic carbocycles. The number of rotatable bonds is 30. The van der Waals surface area contributed by atoms with Crippen LogP contribution in [0.15, 0.2) is 18.2 Å². The minimum atomic E-state index is -0.843. The van der Waals surface area contributed by atoms with Crippen molar-refractivity contribution in [3.8, 4) is 0 Å². The van der Waals surface area contributed by atoms with Crippen LogP contribution >= 0.6 is 0 Å². The van der Waals surface area contributed by atoms with E-state index in [1.54, 1.807) is 13.0 Å². The number of carbonyl (C=O) groups excluding carboxylic acids is 4. The predicted molar refractivity (Wildman–Crippen MR) is 191 cm³/mol. The van der Waals surface area contributed by atoms with Gasteiger partial charge in [0.2, 0.25) is 11.8 Å². The van der Waals surface area contributed by atoms with E-state index in [1.807, 2.05) is 0 Å². The SMILES string of the molecule is CC(=O)NCCCCCCCCCCC(COC(=O)c1ccc(C)cc1C(=O)OCC(CCCCCCCCCCNC(C)=O)N(O)O)N(O)O. The lowest BCUT2D eigenvalue weighted by atomic mass is 10.0. The van der Waals surface area contributed by atoms with E-state index in [-0.39, 0.29) is 46.6 Å². The summed E-state index contributed by atoms with van der Waals surface area (Å²) in [4.78, 5) is 47.9. The van der Waals surface area contributed by atoms with Gasteiger partial charge in [-0.25, -0.2) is 9.59 Å². The summed E-state index contributed by atoms with van der Waals surface area (Å²) in [5, 5.41) is 44.6. The molecule has 0 aromatic heterocycles. The maximum Gasteiger partial charge on any atom is 0.339 e. The highest BCUT2D eigenvalue weighted by Crippen LogP contribution is 2.18. The Hall–Kier alpha value is -3.14. The molecular formula is C37H64N4O10. The van der Waals surface area contributed by atoms with Gasteiger partial charge in [-0.1, -0.05) is 112 Å². The van der Waals surface area contributed by atoms with E-state index in [1.165, 1.54) is 26.0 Å². The molecule has 1 aromatic rings. The normalized spacial score (nSPS) is 12.5. The number of benzene rings is 1. The fourth-order valence-corrected chi connectivity index (χ4v) is 5.70. The van der Waals surface area contributed by atoms with Crippen LogP contribution in [0, 0.1) is 6.92 Å². The zero-order valence-corrected chi connectivity index (χ0v) is 31.1. The Morgan fingerprint density at radius 2 is 0.922 bits per heavy atom. The van der Waals surface area contributed by atoms with Crippen molar-refractivity contribution in [2.24, 2.45) is 0 Å². The van der Waals surface area contributed by atoms with Gasteiger partial charge in [0.15, 0.2) is 0 Å². The second kappa shape index (κ2) is 28.4. The standard InChI is InChI=1S/C37H64N4O10/c1-29-22-23-34(36(44)50-27-32(40(46)47)20-16-12-8-4-6-10-14-18-24-38-30(2)42)35(26-29)37(45)51-28-33(41(48)49)21-17-13-9-5-7-11-15-19-25-39-31(3)43/h22-23,26,32-33,46-49H,4-21,24-25,27-28H2,1-3H3,(H,38,42)(H,39,43). The highest BCUT2D eigenvalue weighted by atomic mass is 16.8. The summed E-state index contributed by atoms with van der Waals surface area (Å²) < 4.78 is 10.8. The first-order valence-electron chi connectivity index (χ1n) is 18.7. The molecule has 14 nitrogen and oxygen atoms in total. The Morgan fingerprint density at radius 1 is 0.569 bits per heavy atom. The summed E-state index contributed by atoms with van der Waals surface area (Å²) in [5.74, 6) is -1.65. The number of esters is 2. The Kier molecular flexibility index (Phi) is 25.6. The molecule has 2 amide bonds. The van der Waals surface area contributed by atoms with Crippen LogP contribution in [0.1, 0.15) is 156 Å². The van der Waals surface area contributed by atoms with Crippen molar-refractivity contribution in [1.29, 1.82) is 0 Å². The number of hydrogen-bond donors (Lipinski definition) is 6. The fourth-order valence-electron chi connectivity index (χ4n) is 5.70. The van der Waals surface area contributed by atoms with Crippen molar-refractivity contribution in [2.75, 3.05) is 26.3 Å². The minimum absolute atomic E-state index is 0.00909. The van der Waals surface area contributed by atoms with Gasteiger partial charge < -0.3 is 20.1 Å². The highest BCUT2D eigenvalue weighted by Gasteiger charge is 2.24. The second-order valence-corrected chi connectivity index (χ2v) is 13.4. The number of hydroxylamine groups is 4. The van der Waals surface area contributed by atoms with E-state index >= 15 is 0 Å². The van der Waals surface area contributed by atoms with Gasteiger partial charge in [-0.3, -0.25) is 30.4 Å². The van der Waals surface area contributed by atoms with E-state index in [0.717, 1.165) is 89.9 Å². The van der Waals surface area contributed by atoms with Gasteiger partial charge in [0.05, 0.1) is 23.2 Å². The molecule has 0 spiro atoms. The third-order valence-corrected chi connectivity index (χ3v) is 8.76. The zero-order chi connectivity index (χ0) is 37.9. The van der Waals surface area contributed by atoms with Gasteiger partial charge in [-0.2, -0.15) is 0 Å². The summed E-state index contributed by atoms with van der Waals surface area (Å²) in [6, 6.07) is 2.91. The number of amides is 2. The maximum absolute atomic E-state index is 13.1. The Labute approximate surface area is 303 Å². The van der Waals surface area contributed by atoms with Crippen LogP contribution in [0.25, 0.3) is 0 Å². The first-order chi connectivity index (χ1) is 24.4. The molecule has 0 aliphatic rings. The van der Waals surface area contributed by atoms with Gasteiger partial charge in [-0.05, 0) is 44.7 Å². The zero-order valence-electron chi connectivity index (χ0n) is 31.1. The Morgan fingerprint density at radius 3 is 1.29 bits per heavy atom. The van der Waals surface area contributed by atoms with Gasteiger partial charge >= 0.3 is 11.9 Å². The van der Waals surface area contributed by atoms with E-state index in [9.17, 15) is 40.0 Å². The van der Waals surface area contributed by atoms with Crippen molar-refractivity contribution >= 4 is 23.8 Å². The van der Waals surface area contributed by atoms with Crippen molar-refractivity contribution in [2.45, 2.75) is 148 Å². The number of unbranched alkanes of at least 4 members (excludes halogenated alkanes) is 14. The monoisotopic (exact) mass is 724 g/mol. The van der Waals surface area contributed by atoms with Crippen molar-refractivity contribution in [3.05, 3.63) is 34.9 Å². The van der Waals surface area contributed by atoms with E-state index < -0.39 is 24.0 Å². The molecule has 292 valence electrons. The van der Waals surface area contributed by atoms with Crippen molar-refractivity contribution in [3.63, 3.8) is 0 Å². The molecule has 14 heteroatoms. The predicted octanol–water partition coefficient (Wildman–Crippen LogP) is 6.50. The van der Waals surface area contributed by atoms with Crippen LogP contribution in [0.5, 0.6) is 0 Å². The first-order valence-corrected chi connectivity index (χ1v) is 18.7. The summed E-state index contributed by atoms with van der Waals surface area (Å²) in [7, 11) is 0. The molecule has 0 bridgehead atoms. The van der Waals surface area contributed by atoms with Gasteiger partial charge in [0.1, 0.15) is 13.2 Å². The number of nitrogens with zero attached hydrogens (tertiary/aromatic N) is 2. The van der Waals surface area contributed by atoms with Crippen LogP contribution in [-0.4, -0.2) is 93.4 Å². The molecule has 51 heavy (non-hydrogen) atoms. The number of nitrogens with one attached hydrogen (secondary N) is 2. The topological polar surface area (TPSA) is 198 Å². The second-order valence-electron chi connectivity index (χ2n) is 13.4. The third kappa shape index (κ3) is 23.1. The third-order valence-electron chi connectivity index (χ3n) is 8.76. The summed E-state index contributed by atoms with van der Waals surface area (Å²) >= 11 is 0. The van der Waals surface area contributed by atoms with E-state index in [0.29, 0.717) is 44.3 Å². The molecule has 2 atom stereocenters. The summed E-state index contributed by atoms with van der Waals surface area (Å²) in [6.07, 6.45) is 16.6. The summed E-state index contributed by atoms with van der Waals surface area (Å²) in [5.41, 5.74) is 0.628. The van der Waals surface area contributed by atoms with Crippen LogP contribution in [-0.2, 0) is 19.1 Å². The lowest BCUT2D eigenvalue weighted by Crippen LogP contribution is -2.35. The molecule has 0 heterocycles. The Bertz CT molecular complexity index is 1130. The van der Waals surface area contributed by atoms with Crippen LogP contribution < -0.4 is 10.6 Å². The minimum Gasteiger partial charge on any atom is -0.460 e. The van der Waals surface area contributed by atoms with Crippen LogP contribution in [0.2, 0.25) is 0 Å². The van der Waals surface area contributed by atoms with E-state index in [4.69, 9.17) is 9.47 Å². The highest BCUT2D eigenvalue weighted by molar-refractivity contribution is 6.03. The van der Waals surface area contributed by atoms with Crippen molar-refractivity contribution < 1.29 is 49.5 Å². The quantitative estimate of drug-likeness (QED) is 0.0287. The molecule has 2 unspecified atom stereocenters. The molecular weight excluding hydrogens is 660 g/mol. The molecule has 0 aliphatic heterocycles. The average Bonchev–Trinajstić information content (AvgIpc) is 3.07. The van der Waals surface area contributed by atoms with Gasteiger partial charge in [0.25, 0.3) is 0 Å². The largest absolute Gasteiger partial charge is 0.460 e. The van der Waals surface area contributed by atoms with E-state index in [2.05, 4.69) is 10.6 Å². The van der Waals surface area contributed by atoms with Gasteiger partial charge in [0, 0.05) is 26.9 Å². The number of ether oxygens (including phenoxy) is 2. The molecule has 0 radical (unpaired) electrons. The molecule has 0 saturated carbocycles. The van der Waals surface area contributed by atoms with Crippen LogP contribution in [0.4, 0.5) is 0 Å². The average molecular weight is 725 g/mol. The molecule has 1 rings (SSSR count). The summed E-state index contributed by atoms with van der Waals surface area (Å²) in [6.45, 7) is 5.59. The molecule has 6 N–H and O–H groups in total. The number of carbonyl (C=O) groups is 4. The van der Waals surface area contributed by atoms with Gasteiger partial charge in [-0.15, -0.1) is 0 Å². The first kappa shape index (κ1) is 45.9. The Balaban J connectivity index is 2.46.